The highest BCUT2D eigenvalue weighted by Crippen LogP contribution is 2.36. The average Bonchev–Trinajstić information content (AvgIpc) is 3.16. The zero-order chi connectivity index (χ0) is 31.0. The van der Waals surface area contributed by atoms with Crippen molar-refractivity contribution in [2.75, 3.05) is 6.54 Å². The van der Waals surface area contributed by atoms with Crippen molar-refractivity contribution in [3.05, 3.63) is 41.1 Å². The third kappa shape index (κ3) is 8.01. The molecule has 4 N–H and O–H groups in total. The maximum absolute atomic E-state index is 13.4. The van der Waals surface area contributed by atoms with E-state index in [4.69, 9.17) is 5.73 Å². The first-order valence-electron chi connectivity index (χ1n) is 14.7. The van der Waals surface area contributed by atoms with E-state index in [0.717, 1.165) is 36.3 Å². The summed E-state index contributed by atoms with van der Waals surface area (Å²) in [4.78, 5) is 25.5. The first-order chi connectivity index (χ1) is 18.7. The van der Waals surface area contributed by atoms with E-state index in [1.165, 1.54) is 19.3 Å². The number of amides is 2. The minimum absolute atomic E-state index is 0.130. The number of benzene rings is 1. The smallest absolute Gasteiger partial charge is 0.253 e. The van der Waals surface area contributed by atoms with Gasteiger partial charge in [0.15, 0.2) is 0 Å². The number of carbonyl (C=O) groups excluding carboxylic acids is 2. The lowest BCUT2D eigenvalue weighted by Crippen LogP contribution is -2.42. The van der Waals surface area contributed by atoms with Crippen LogP contribution in [-0.4, -0.2) is 36.9 Å². The summed E-state index contributed by atoms with van der Waals surface area (Å²) in [6.07, 6.45) is 5.96. The molecule has 0 bridgehead atoms. The molecule has 9 heteroatoms. The molecule has 0 unspecified atom stereocenters. The molecule has 1 aromatic heterocycles. The van der Waals surface area contributed by atoms with Crippen molar-refractivity contribution in [3.63, 3.8) is 0 Å². The van der Waals surface area contributed by atoms with Crippen molar-refractivity contribution in [2.45, 2.75) is 117 Å². The lowest BCUT2D eigenvalue weighted by atomic mass is 9.85. The van der Waals surface area contributed by atoms with E-state index >= 15 is 0 Å². The van der Waals surface area contributed by atoms with Gasteiger partial charge in [-0.3, -0.25) is 9.59 Å². The van der Waals surface area contributed by atoms with E-state index in [0.29, 0.717) is 17.0 Å². The maximum Gasteiger partial charge on any atom is 0.253 e. The molecule has 3 rings (SSSR count). The fourth-order valence-corrected chi connectivity index (χ4v) is 7.25. The first-order valence-corrected chi connectivity index (χ1v) is 16.2. The van der Waals surface area contributed by atoms with Gasteiger partial charge < -0.3 is 15.6 Å². The number of nitrogens with one attached hydrogen (secondary N) is 2. The van der Waals surface area contributed by atoms with Crippen molar-refractivity contribution in [1.82, 2.24) is 14.6 Å². The Labute approximate surface area is 246 Å². The molecule has 228 valence electrons. The van der Waals surface area contributed by atoms with Crippen molar-refractivity contribution < 1.29 is 18.0 Å². The number of nitrogens with zero attached hydrogens (tertiary/aromatic N) is 1. The highest BCUT2D eigenvalue weighted by atomic mass is 32.2. The van der Waals surface area contributed by atoms with Crippen LogP contribution in [0.1, 0.15) is 109 Å². The molecule has 0 spiro atoms. The Morgan fingerprint density at radius 3 is 2.12 bits per heavy atom. The second-order valence-corrected chi connectivity index (χ2v) is 16.0. The van der Waals surface area contributed by atoms with Crippen LogP contribution in [0, 0.1) is 18.3 Å². The van der Waals surface area contributed by atoms with Gasteiger partial charge in [-0.1, -0.05) is 46.1 Å². The Bertz CT molecular complexity index is 1390. The molecule has 1 aliphatic rings. The first kappa shape index (κ1) is 32.9. The molecule has 0 aliphatic heterocycles. The number of nitrogens with two attached hydrogens (primary N) is 1. The lowest BCUT2D eigenvalue weighted by molar-refractivity contribution is -0.125. The molecule has 1 aliphatic carbocycles. The zero-order valence-electron chi connectivity index (χ0n) is 26.4. The fraction of sp³-hybridized carbons (Fsp3) is 0.625. The number of hydrogen-bond donors (Lipinski definition) is 3. The van der Waals surface area contributed by atoms with Crippen LogP contribution in [0.2, 0.25) is 0 Å². The highest BCUT2D eigenvalue weighted by Gasteiger charge is 2.31. The van der Waals surface area contributed by atoms with Crippen LogP contribution in [0.3, 0.4) is 0 Å². The van der Waals surface area contributed by atoms with E-state index in [-0.39, 0.29) is 17.3 Å². The van der Waals surface area contributed by atoms with Crippen molar-refractivity contribution >= 4 is 21.8 Å². The topological polar surface area (TPSA) is 123 Å². The summed E-state index contributed by atoms with van der Waals surface area (Å²) in [7, 11) is -3.77. The number of hydrogen-bond acceptors (Lipinski definition) is 4. The van der Waals surface area contributed by atoms with Crippen LogP contribution in [0.5, 0.6) is 0 Å². The molecular formula is C32H50N4O4S. The molecule has 8 nitrogen and oxygen atoms in total. The normalized spacial score (nSPS) is 15.6. The van der Waals surface area contributed by atoms with Gasteiger partial charge in [-0.15, -0.1) is 0 Å². The monoisotopic (exact) mass is 586 g/mol. The summed E-state index contributed by atoms with van der Waals surface area (Å²) in [5.41, 5.74) is 7.42. The molecule has 0 saturated heterocycles. The SMILES string of the molecule is Cc1c(C(=O)NCC(C)(C)C(N)=O)cc(-c2ccc(S(=O)(=O)NC(C)(C)C)c(C(C)(C)C)c2)n1CC1CCCCC1. The molecule has 1 saturated carbocycles. The van der Waals surface area contributed by atoms with E-state index in [2.05, 4.69) is 14.6 Å². The van der Waals surface area contributed by atoms with Crippen LogP contribution < -0.4 is 15.8 Å². The summed E-state index contributed by atoms with van der Waals surface area (Å²) in [5, 5.41) is 2.90. The molecule has 41 heavy (non-hydrogen) atoms. The molecule has 0 radical (unpaired) electrons. The van der Waals surface area contributed by atoms with Gasteiger partial charge in [0.2, 0.25) is 15.9 Å². The van der Waals surface area contributed by atoms with E-state index < -0.39 is 32.3 Å². The second-order valence-electron chi connectivity index (χ2n) is 14.4. The van der Waals surface area contributed by atoms with Crippen LogP contribution in [0.25, 0.3) is 11.3 Å². The van der Waals surface area contributed by atoms with Gasteiger partial charge in [0, 0.05) is 30.0 Å². The predicted molar refractivity (Wildman–Crippen MR) is 165 cm³/mol. The second kappa shape index (κ2) is 11.9. The van der Waals surface area contributed by atoms with Crippen LogP contribution in [0.4, 0.5) is 0 Å². The van der Waals surface area contributed by atoms with Crippen LogP contribution >= 0.6 is 0 Å². The molecule has 1 fully saturated rings. The lowest BCUT2D eigenvalue weighted by Gasteiger charge is -2.27. The summed E-state index contributed by atoms with van der Waals surface area (Å²) < 4.78 is 31.9. The summed E-state index contributed by atoms with van der Waals surface area (Å²) in [5.74, 6) is -0.225. The molecule has 1 heterocycles. The molecule has 2 amide bonds. The van der Waals surface area contributed by atoms with Crippen molar-refractivity contribution in [3.8, 4) is 11.3 Å². The highest BCUT2D eigenvalue weighted by molar-refractivity contribution is 7.89. The van der Waals surface area contributed by atoms with Gasteiger partial charge in [-0.05, 0) is 95.0 Å². The van der Waals surface area contributed by atoms with Gasteiger partial charge in [0.25, 0.3) is 5.91 Å². The standard InChI is InChI=1S/C32H50N4O4S/c1-21-24(28(37)34-20-32(8,9)29(33)38)18-26(36(21)19-22-13-11-10-12-14-22)23-15-16-27(25(17-23)30(2,3)4)41(39,40)35-31(5,6)7/h15-18,22,35H,10-14,19-20H2,1-9H3,(H2,33,38)(H,34,37). The number of aromatic nitrogens is 1. The number of rotatable bonds is 9. The van der Waals surface area contributed by atoms with Crippen LogP contribution in [0.15, 0.2) is 29.2 Å². The van der Waals surface area contributed by atoms with Gasteiger partial charge in [-0.25, -0.2) is 13.1 Å². The van der Waals surface area contributed by atoms with Crippen LogP contribution in [-0.2, 0) is 26.8 Å². The van der Waals surface area contributed by atoms with Gasteiger partial charge in [-0.2, -0.15) is 0 Å². The zero-order valence-corrected chi connectivity index (χ0v) is 27.2. The predicted octanol–water partition coefficient (Wildman–Crippen LogP) is 5.66. The summed E-state index contributed by atoms with van der Waals surface area (Å²) in [6, 6.07) is 7.39. The maximum atomic E-state index is 13.4. The molecule has 0 atom stereocenters. The Morgan fingerprint density at radius 2 is 1.59 bits per heavy atom. The molecule has 2 aromatic rings. The van der Waals surface area contributed by atoms with E-state index in [1.54, 1.807) is 19.9 Å². The van der Waals surface area contributed by atoms with Gasteiger partial charge in [0.1, 0.15) is 0 Å². The largest absolute Gasteiger partial charge is 0.369 e. The third-order valence-electron chi connectivity index (χ3n) is 7.95. The van der Waals surface area contributed by atoms with Gasteiger partial charge >= 0.3 is 0 Å². The van der Waals surface area contributed by atoms with Gasteiger partial charge in [0.05, 0.1) is 15.9 Å². The summed E-state index contributed by atoms with van der Waals surface area (Å²) in [6.45, 7) is 17.8. The van der Waals surface area contributed by atoms with Crippen molar-refractivity contribution in [1.29, 1.82) is 0 Å². The Hall–Kier alpha value is -2.65. The number of sulfonamides is 1. The van der Waals surface area contributed by atoms with E-state index in [9.17, 15) is 18.0 Å². The third-order valence-corrected chi connectivity index (χ3v) is 9.76. The average molecular weight is 587 g/mol. The fourth-order valence-electron chi connectivity index (χ4n) is 5.43. The minimum atomic E-state index is -3.77. The molecular weight excluding hydrogens is 536 g/mol. The Morgan fingerprint density at radius 1 is 0.976 bits per heavy atom. The summed E-state index contributed by atoms with van der Waals surface area (Å²) >= 11 is 0. The van der Waals surface area contributed by atoms with Crippen molar-refractivity contribution in [2.24, 2.45) is 17.1 Å². The Kier molecular flexibility index (Phi) is 9.55. The minimum Gasteiger partial charge on any atom is -0.369 e. The van der Waals surface area contributed by atoms with E-state index in [1.807, 2.05) is 66.7 Å². The number of carbonyl (C=O) groups is 2. The Balaban J connectivity index is 2.13. The molecule has 1 aromatic carbocycles. The quantitative estimate of drug-likeness (QED) is 0.351. The number of primary amides is 1.